The highest BCUT2D eigenvalue weighted by molar-refractivity contribution is 5.81. The van der Waals surface area contributed by atoms with Crippen LogP contribution in [0, 0.1) is 11.7 Å². The number of nitrogens with zero attached hydrogens (tertiary/aromatic N) is 2. The Hall–Kier alpha value is -2.21. The number of nitrogens with one attached hydrogen (secondary N) is 1. The van der Waals surface area contributed by atoms with Crippen molar-refractivity contribution in [3.63, 3.8) is 0 Å². The predicted molar refractivity (Wildman–Crippen MR) is 87.7 cm³/mol. The maximum atomic E-state index is 12.9. The summed E-state index contributed by atoms with van der Waals surface area (Å²) in [5.74, 6) is -0.244. The van der Waals surface area contributed by atoms with Crippen LogP contribution in [0.25, 0.3) is 5.69 Å². The number of benzene rings is 1. The van der Waals surface area contributed by atoms with Crippen molar-refractivity contribution in [3.8, 4) is 5.69 Å². The molecule has 2 unspecified atom stereocenters. The zero-order valence-corrected chi connectivity index (χ0v) is 13.5. The Morgan fingerprint density at radius 1 is 1.35 bits per heavy atom. The van der Waals surface area contributed by atoms with E-state index >= 15 is 0 Å². The molecule has 23 heavy (non-hydrogen) atoms. The van der Waals surface area contributed by atoms with Gasteiger partial charge in [-0.25, -0.2) is 9.07 Å². The number of hydrogen-bond acceptors (Lipinski definition) is 3. The van der Waals surface area contributed by atoms with Gasteiger partial charge in [0, 0.05) is 19.2 Å². The Morgan fingerprint density at radius 2 is 2.04 bits per heavy atom. The zero-order valence-electron chi connectivity index (χ0n) is 13.5. The van der Waals surface area contributed by atoms with Gasteiger partial charge in [-0.15, -0.1) is 0 Å². The second-order valence-corrected chi connectivity index (χ2v) is 5.68. The molecule has 0 fully saturated rings. The van der Waals surface area contributed by atoms with Crippen LogP contribution in [0.2, 0.25) is 0 Å². The van der Waals surface area contributed by atoms with Gasteiger partial charge < -0.3 is 11.1 Å². The number of nitrogens with two attached hydrogens (primary N) is 1. The summed E-state index contributed by atoms with van der Waals surface area (Å²) in [6.45, 7) is 4.47. The van der Waals surface area contributed by atoms with Crippen molar-refractivity contribution < 1.29 is 9.18 Å². The molecular weight excluding hydrogens is 295 g/mol. The van der Waals surface area contributed by atoms with Crippen molar-refractivity contribution in [1.29, 1.82) is 0 Å². The minimum atomic E-state index is -0.475. The minimum Gasteiger partial charge on any atom is -0.354 e. The molecular formula is C17H23FN4O. The van der Waals surface area contributed by atoms with Gasteiger partial charge in [0.1, 0.15) is 5.82 Å². The summed E-state index contributed by atoms with van der Waals surface area (Å²) in [7, 11) is 0. The van der Waals surface area contributed by atoms with Gasteiger partial charge in [-0.2, -0.15) is 5.10 Å². The van der Waals surface area contributed by atoms with Crippen LogP contribution < -0.4 is 11.1 Å². The van der Waals surface area contributed by atoms with Crippen LogP contribution in [0.15, 0.2) is 36.5 Å². The smallest absolute Gasteiger partial charge is 0.237 e. The number of carbonyl (C=O) groups is 1. The summed E-state index contributed by atoms with van der Waals surface area (Å²) in [5, 5.41) is 7.25. The third-order valence-corrected chi connectivity index (χ3v) is 3.98. The van der Waals surface area contributed by atoms with Gasteiger partial charge in [-0.05, 0) is 36.2 Å². The maximum absolute atomic E-state index is 12.9. The highest BCUT2D eigenvalue weighted by Crippen LogP contribution is 2.09. The van der Waals surface area contributed by atoms with Crippen LogP contribution in [-0.2, 0) is 11.2 Å². The van der Waals surface area contributed by atoms with Crippen molar-refractivity contribution in [2.45, 2.75) is 32.7 Å². The third kappa shape index (κ3) is 4.63. The Balaban J connectivity index is 1.85. The molecule has 2 aromatic rings. The summed E-state index contributed by atoms with van der Waals surface area (Å²) >= 11 is 0. The van der Waals surface area contributed by atoms with E-state index in [1.54, 1.807) is 16.8 Å². The average molecular weight is 318 g/mol. The molecule has 0 saturated carbocycles. The van der Waals surface area contributed by atoms with Gasteiger partial charge in [0.05, 0.1) is 17.4 Å². The summed E-state index contributed by atoms with van der Waals surface area (Å²) < 4.78 is 14.6. The van der Waals surface area contributed by atoms with E-state index in [9.17, 15) is 9.18 Å². The van der Waals surface area contributed by atoms with Gasteiger partial charge in [-0.3, -0.25) is 4.79 Å². The highest BCUT2D eigenvalue weighted by atomic mass is 19.1. The van der Waals surface area contributed by atoms with E-state index in [1.165, 1.54) is 12.1 Å². The molecule has 0 saturated heterocycles. The molecule has 6 heteroatoms. The molecule has 2 atom stereocenters. The molecule has 1 amide bonds. The third-order valence-electron chi connectivity index (χ3n) is 3.98. The number of rotatable bonds is 7. The van der Waals surface area contributed by atoms with Crippen molar-refractivity contribution in [2.24, 2.45) is 11.7 Å². The molecule has 2 rings (SSSR count). The fourth-order valence-electron chi connectivity index (χ4n) is 2.18. The predicted octanol–water partition coefficient (Wildman–Crippen LogP) is 2.04. The number of halogens is 1. The Bertz CT molecular complexity index is 638. The molecule has 1 aromatic carbocycles. The average Bonchev–Trinajstić information content (AvgIpc) is 3.02. The van der Waals surface area contributed by atoms with Gasteiger partial charge >= 0.3 is 0 Å². The number of hydrogen-bond donors (Lipinski definition) is 2. The monoisotopic (exact) mass is 318 g/mol. The zero-order chi connectivity index (χ0) is 16.8. The second kappa shape index (κ2) is 7.87. The van der Waals surface area contributed by atoms with E-state index in [-0.39, 0.29) is 17.6 Å². The largest absolute Gasteiger partial charge is 0.354 e. The second-order valence-electron chi connectivity index (χ2n) is 5.68. The first kappa shape index (κ1) is 17.1. The first-order chi connectivity index (χ1) is 11.0. The van der Waals surface area contributed by atoms with E-state index in [1.807, 2.05) is 26.1 Å². The van der Waals surface area contributed by atoms with E-state index in [2.05, 4.69) is 10.4 Å². The topological polar surface area (TPSA) is 72.9 Å². The van der Waals surface area contributed by atoms with Crippen LogP contribution in [-0.4, -0.2) is 28.3 Å². The molecule has 0 radical (unpaired) electrons. The molecule has 0 spiro atoms. The fourth-order valence-corrected chi connectivity index (χ4v) is 2.18. The number of amides is 1. The van der Waals surface area contributed by atoms with Gasteiger partial charge in [-0.1, -0.05) is 20.3 Å². The lowest BCUT2D eigenvalue weighted by Gasteiger charge is -2.17. The first-order valence-corrected chi connectivity index (χ1v) is 7.85. The minimum absolute atomic E-state index is 0.127. The quantitative estimate of drug-likeness (QED) is 0.820. The standard InChI is InChI=1S/C17H23FN4O/c1-3-12(2)16(19)17(23)20-10-8-14-9-11-22(21-14)15-6-4-13(18)5-7-15/h4-7,9,11-12,16H,3,8,10,19H2,1-2H3,(H,20,23). The van der Waals surface area contributed by atoms with E-state index < -0.39 is 6.04 Å². The lowest BCUT2D eigenvalue weighted by Crippen LogP contribution is -2.45. The SMILES string of the molecule is CCC(C)C(N)C(=O)NCCc1ccn(-c2ccc(F)cc2)n1. The molecule has 124 valence electrons. The molecule has 0 aliphatic rings. The van der Waals surface area contributed by atoms with E-state index in [4.69, 9.17) is 5.73 Å². The van der Waals surface area contributed by atoms with Crippen LogP contribution in [0.5, 0.6) is 0 Å². The van der Waals surface area contributed by atoms with Crippen LogP contribution in [0.1, 0.15) is 26.0 Å². The van der Waals surface area contributed by atoms with Crippen molar-refractivity contribution >= 4 is 5.91 Å². The van der Waals surface area contributed by atoms with Crippen molar-refractivity contribution in [2.75, 3.05) is 6.54 Å². The summed E-state index contributed by atoms with van der Waals surface area (Å²) in [6, 6.07) is 7.53. The molecule has 5 nitrogen and oxygen atoms in total. The Labute approximate surface area is 135 Å². The van der Waals surface area contributed by atoms with Crippen LogP contribution >= 0.6 is 0 Å². The molecule has 1 aromatic heterocycles. The van der Waals surface area contributed by atoms with E-state index in [0.29, 0.717) is 13.0 Å². The first-order valence-electron chi connectivity index (χ1n) is 7.85. The van der Waals surface area contributed by atoms with Crippen LogP contribution in [0.4, 0.5) is 4.39 Å². The molecule has 0 aliphatic carbocycles. The lowest BCUT2D eigenvalue weighted by atomic mass is 9.99. The number of aromatic nitrogens is 2. The fraction of sp³-hybridized carbons (Fsp3) is 0.412. The normalized spacial score (nSPS) is 13.6. The van der Waals surface area contributed by atoms with Gasteiger partial charge in [0.15, 0.2) is 0 Å². The Morgan fingerprint density at radius 3 is 2.70 bits per heavy atom. The maximum Gasteiger partial charge on any atom is 0.237 e. The molecule has 3 N–H and O–H groups in total. The Kier molecular flexibility index (Phi) is 5.87. The van der Waals surface area contributed by atoms with Crippen LogP contribution in [0.3, 0.4) is 0 Å². The van der Waals surface area contributed by atoms with Gasteiger partial charge in [0.2, 0.25) is 5.91 Å². The highest BCUT2D eigenvalue weighted by Gasteiger charge is 2.18. The lowest BCUT2D eigenvalue weighted by molar-refractivity contribution is -0.123. The van der Waals surface area contributed by atoms with Crippen molar-refractivity contribution in [3.05, 3.63) is 48.0 Å². The van der Waals surface area contributed by atoms with Crippen molar-refractivity contribution in [1.82, 2.24) is 15.1 Å². The summed E-state index contributed by atoms with van der Waals surface area (Å²) in [4.78, 5) is 11.9. The summed E-state index contributed by atoms with van der Waals surface area (Å²) in [5.41, 5.74) is 7.53. The van der Waals surface area contributed by atoms with Gasteiger partial charge in [0.25, 0.3) is 0 Å². The molecule has 0 bridgehead atoms. The number of carbonyl (C=O) groups excluding carboxylic acids is 1. The van der Waals surface area contributed by atoms with E-state index in [0.717, 1.165) is 17.8 Å². The summed E-state index contributed by atoms with van der Waals surface area (Å²) in [6.07, 6.45) is 3.30. The molecule has 1 heterocycles. The molecule has 0 aliphatic heterocycles.